The van der Waals surface area contributed by atoms with Crippen LogP contribution in [-0.4, -0.2) is 38.4 Å². The SMILES string of the molecule is COCCC1(N)C=CC(OC)=NC1N. The second-order valence-electron chi connectivity index (χ2n) is 3.30. The van der Waals surface area contributed by atoms with E-state index in [9.17, 15) is 0 Å². The standard InChI is InChI=1S/C9H17N3O2/c1-13-6-5-9(11)4-3-7(14-2)12-8(9)10/h3-4,8H,5-6,10-11H2,1-2H3. The first-order chi connectivity index (χ1) is 6.62. The molecule has 5 nitrogen and oxygen atoms in total. The Morgan fingerprint density at radius 1 is 1.57 bits per heavy atom. The molecule has 0 radical (unpaired) electrons. The van der Waals surface area contributed by atoms with Gasteiger partial charge in [0.1, 0.15) is 6.17 Å². The van der Waals surface area contributed by atoms with E-state index in [1.165, 1.54) is 0 Å². The van der Waals surface area contributed by atoms with Crippen molar-refractivity contribution in [2.45, 2.75) is 18.1 Å². The van der Waals surface area contributed by atoms with Gasteiger partial charge in [-0.1, -0.05) is 6.08 Å². The zero-order valence-electron chi connectivity index (χ0n) is 8.56. The van der Waals surface area contributed by atoms with Crippen molar-refractivity contribution in [2.75, 3.05) is 20.8 Å². The van der Waals surface area contributed by atoms with Crippen LogP contribution in [0.25, 0.3) is 0 Å². The highest BCUT2D eigenvalue weighted by Crippen LogP contribution is 2.18. The van der Waals surface area contributed by atoms with Crippen molar-refractivity contribution >= 4 is 5.90 Å². The van der Waals surface area contributed by atoms with Gasteiger partial charge >= 0.3 is 0 Å². The molecule has 0 saturated heterocycles. The maximum atomic E-state index is 6.05. The lowest BCUT2D eigenvalue weighted by atomic mass is 9.91. The first-order valence-electron chi connectivity index (χ1n) is 4.47. The molecule has 0 aromatic carbocycles. The molecule has 1 aliphatic rings. The molecule has 0 fully saturated rings. The van der Waals surface area contributed by atoms with Crippen molar-refractivity contribution in [1.82, 2.24) is 0 Å². The van der Waals surface area contributed by atoms with Crippen molar-refractivity contribution < 1.29 is 9.47 Å². The second kappa shape index (κ2) is 4.54. The molecule has 0 amide bonds. The van der Waals surface area contributed by atoms with E-state index in [1.54, 1.807) is 20.3 Å². The summed E-state index contributed by atoms with van der Waals surface area (Å²) >= 11 is 0. The van der Waals surface area contributed by atoms with Crippen molar-refractivity contribution in [3.63, 3.8) is 0 Å². The quantitative estimate of drug-likeness (QED) is 0.649. The van der Waals surface area contributed by atoms with Crippen molar-refractivity contribution in [3.8, 4) is 0 Å². The molecule has 0 spiro atoms. The van der Waals surface area contributed by atoms with Gasteiger partial charge in [-0.2, -0.15) is 0 Å². The van der Waals surface area contributed by atoms with Crippen LogP contribution in [0.15, 0.2) is 17.1 Å². The number of ether oxygens (including phenoxy) is 2. The highest BCUT2D eigenvalue weighted by Gasteiger charge is 2.32. The summed E-state index contributed by atoms with van der Waals surface area (Å²) in [6.45, 7) is 0.562. The monoisotopic (exact) mass is 199 g/mol. The number of dihydropyridines is 1. The summed E-state index contributed by atoms with van der Waals surface area (Å²) in [7, 11) is 3.18. The molecule has 1 rings (SSSR count). The summed E-state index contributed by atoms with van der Waals surface area (Å²) < 4.78 is 9.92. The highest BCUT2D eigenvalue weighted by molar-refractivity contribution is 5.88. The molecular formula is C9H17N3O2. The van der Waals surface area contributed by atoms with Gasteiger partial charge in [-0.15, -0.1) is 0 Å². The summed E-state index contributed by atoms with van der Waals surface area (Å²) in [5, 5.41) is 0. The minimum Gasteiger partial charge on any atom is -0.481 e. The van der Waals surface area contributed by atoms with Gasteiger partial charge in [-0.25, -0.2) is 4.99 Å². The molecular weight excluding hydrogens is 182 g/mol. The summed E-state index contributed by atoms with van der Waals surface area (Å²) in [5.41, 5.74) is 11.2. The van der Waals surface area contributed by atoms with Crippen LogP contribution in [0.2, 0.25) is 0 Å². The Morgan fingerprint density at radius 2 is 2.29 bits per heavy atom. The van der Waals surface area contributed by atoms with Gasteiger partial charge in [0, 0.05) is 13.7 Å². The minimum atomic E-state index is -0.627. The molecule has 5 heteroatoms. The Kier molecular flexibility index (Phi) is 3.62. The predicted octanol–water partition coefficient (Wildman–Crippen LogP) is -0.380. The summed E-state index contributed by atoms with van der Waals surface area (Å²) in [4.78, 5) is 4.11. The fourth-order valence-electron chi connectivity index (χ4n) is 1.26. The smallest absolute Gasteiger partial charge is 0.209 e. The van der Waals surface area contributed by atoms with Gasteiger partial charge in [-0.05, 0) is 12.5 Å². The lowest BCUT2D eigenvalue weighted by Crippen LogP contribution is -2.55. The molecule has 14 heavy (non-hydrogen) atoms. The number of aliphatic imine (C=N–C) groups is 1. The second-order valence-corrected chi connectivity index (χ2v) is 3.30. The normalized spacial score (nSPS) is 31.4. The van der Waals surface area contributed by atoms with Crippen molar-refractivity contribution in [1.29, 1.82) is 0 Å². The zero-order valence-corrected chi connectivity index (χ0v) is 8.56. The fraction of sp³-hybridized carbons (Fsp3) is 0.667. The topological polar surface area (TPSA) is 82.9 Å². The van der Waals surface area contributed by atoms with Crippen molar-refractivity contribution in [2.24, 2.45) is 16.5 Å². The summed E-state index contributed by atoms with van der Waals surface area (Å²) in [6.07, 6.45) is 3.72. The van der Waals surface area contributed by atoms with Gasteiger partial charge in [0.25, 0.3) is 0 Å². The molecule has 2 atom stereocenters. The molecule has 0 aromatic rings. The third kappa shape index (κ3) is 2.31. The number of methoxy groups -OCH3 is 2. The Balaban J connectivity index is 2.66. The van der Waals surface area contributed by atoms with Crippen LogP contribution < -0.4 is 11.5 Å². The summed E-state index contributed by atoms with van der Waals surface area (Å²) in [5.74, 6) is 0.510. The molecule has 80 valence electrons. The number of nitrogens with two attached hydrogens (primary N) is 2. The van der Waals surface area contributed by atoms with E-state index in [-0.39, 0.29) is 0 Å². The Hall–Kier alpha value is -0.910. The summed E-state index contributed by atoms with van der Waals surface area (Å²) in [6, 6.07) is 0. The van der Waals surface area contributed by atoms with Crippen molar-refractivity contribution in [3.05, 3.63) is 12.2 Å². The minimum absolute atomic E-state index is 0.474. The van der Waals surface area contributed by atoms with Gasteiger partial charge in [0.05, 0.1) is 12.6 Å². The maximum Gasteiger partial charge on any atom is 0.209 e. The molecule has 0 aliphatic carbocycles. The Morgan fingerprint density at radius 3 is 2.79 bits per heavy atom. The molecule has 0 aromatic heterocycles. The van der Waals surface area contributed by atoms with Crippen LogP contribution in [0.4, 0.5) is 0 Å². The van der Waals surface area contributed by atoms with E-state index in [4.69, 9.17) is 20.9 Å². The van der Waals surface area contributed by atoms with E-state index >= 15 is 0 Å². The fourth-order valence-corrected chi connectivity index (χ4v) is 1.26. The van der Waals surface area contributed by atoms with Crippen LogP contribution in [0.1, 0.15) is 6.42 Å². The van der Waals surface area contributed by atoms with E-state index in [0.29, 0.717) is 18.9 Å². The average Bonchev–Trinajstić information content (AvgIpc) is 2.19. The molecule has 0 saturated carbocycles. The van der Waals surface area contributed by atoms with Crippen LogP contribution in [0.3, 0.4) is 0 Å². The van der Waals surface area contributed by atoms with Gasteiger partial charge < -0.3 is 20.9 Å². The molecule has 0 bridgehead atoms. The van der Waals surface area contributed by atoms with Crippen LogP contribution >= 0.6 is 0 Å². The van der Waals surface area contributed by atoms with E-state index < -0.39 is 11.7 Å². The molecule has 1 aliphatic heterocycles. The van der Waals surface area contributed by atoms with Gasteiger partial charge in [-0.3, -0.25) is 0 Å². The maximum absolute atomic E-state index is 6.05. The molecule has 1 heterocycles. The lowest BCUT2D eigenvalue weighted by molar-refractivity contribution is 0.170. The average molecular weight is 199 g/mol. The van der Waals surface area contributed by atoms with Crippen LogP contribution in [0.5, 0.6) is 0 Å². The van der Waals surface area contributed by atoms with Gasteiger partial charge in [0.2, 0.25) is 5.90 Å². The van der Waals surface area contributed by atoms with Gasteiger partial charge in [0.15, 0.2) is 0 Å². The first-order valence-corrected chi connectivity index (χ1v) is 4.47. The third-order valence-corrected chi connectivity index (χ3v) is 2.30. The first kappa shape index (κ1) is 11.2. The van der Waals surface area contributed by atoms with E-state index in [1.807, 2.05) is 6.08 Å². The van der Waals surface area contributed by atoms with E-state index in [0.717, 1.165) is 0 Å². The zero-order chi connectivity index (χ0) is 10.6. The van der Waals surface area contributed by atoms with E-state index in [2.05, 4.69) is 4.99 Å². The van der Waals surface area contributed by atoms with Crippen LogP contribution in [-0.2, 0) is 9.47 Å². The number of hydrogen-bond donors (Lipinski definition) is 2. The Bertz CT molecular complexity index is 252. The third-order valence-electron chi connectivity index (χ3n) is 2.30. The van der Waals surface area contributed by atoms with Crippen LogP contribution in [0, 0.1) is 0 Å². The highest BCUT2D eigenvalue weighted by atomic mass is 16.5. The molecule has 4 N–H and O–H groups in total. The largest absolute Gasteiger partial charge is 0.481 e. The molecule has 2 unspecified atom stereocenters. The number of nitrogens with zero attached hydrogens (tertiary/aromatic N) is 1. The number of rotatable bonds is 3. The predicted molar refractivity (Wildman–Crippen MR) is 55.0 cm³/mol. The number of hydrogen-bond acceptors (Lipinski definition) is 5. The lowest BCUT2D eigenvalue weighted by Gasteiger charge is -2.32. The Labute approximate surface area is 83.8 Å².